The van der Waals surface area contributed by atoms with Crippen molar-refractivity contribution in [2.24, 2.45) is 11.8 Å². The molecule has 5 nitrogen and oxygen atoms in total. The van der Waals surface area contributed by atoms with Crippen LogP contribution in [0.25, 0.3) is 0 Å². The molecule has 1 aliphatic carbocycles. The first kappa shape index (κ1) is 14.6. The smallest absolute Gasteiger partial charge is 0.410 e. The molecule has 2 fully saturated rings. The normalized spacial score (nSPS) is 34.5. The van der Waals surface area contributed by atoms with Gasteiger partial charge in [-0.2, -0.15) is 0 Å². The van der Waals surface area contributed by atoms with E-state index in [0.29, 0.717) is 44.2 Å². The van der Waals surface area contributed by atoms with Crippen LogP contribution in [0.2, 0.25) is 0 Å². The van der Waals surface area contributed by atoms with Crippen molar-refractivity contribution in [3.63, 3.8) is 0 Å². The molecule has 1 amide bonds. The van der Waals surface area contributed by atoms with E-state index in [2.05, 4.69) is 0 Å². The summed E-state index contributed by atoms with van der Waals surface area (Å²) in [5.74, 6) is 0.674. The van der Waals surface area contributed by atoms with E-state index in [1.165, 1.54) is 0 Å². The molecule has 0 spiro atoms. The molecule has 0 aromatic carbocycles. The number of hydrogen-bond acceptors (Lipinski definition) is 4. The van der Waals surface area contributed by atoms with Gasteiger partial charge in [-0.1, -0.05) is 0 Å². The van der Waals surface area contributed by atoms with Crippen molar-refractivity contribution in [3.8, 4) is 0 Å². The van der Waals surface area contributed by atoms with Crippen LogP contribution >= 0.6 is 0 Å². The Balaban J connectivity index is 1.89. The van der Waals surface area contributed by atoms with E-state index in [4.69, 9.17) is 9.84 Å². The van der Waals surface area contributed by atoms with Gasteiger partial charge >= 0.3 is 6.09 Å². The second-order valence-corrected chi connectivity index (χ2v) is 7.01. The van der Waals surface area contributed by atoms with Gasteiger partial charge in [0.05, 0.1) is 5.60 Å². The van der Waals surface area contributed by atoms with Gasteiger partial charge in [-0.25, -0.2) is 4.79 Å². The lowest BCUT2D eigenvalue weighted by Gasteiger charge is -2.27. The van der Waals surface area contributed by atoms with Gasteiger partial charge in [0.25, 0.3) is 0 Å². The van der Waals surface area contributed by atoms with Crippen LogP contribution in [0.5, 0.6) is 0 Å². The SMILES string of the molecule is CC(C)(C)OC(=O)N1CC2CC(O)(CCO)CC2C1. The number of rotatable bonds is 2. The third kappa shape index (κ3) is 3.39. The Morgan fingerprint density at radius 3 is 2.26 bits per heavy atom. The Morgan fingerprint density at radius 2 is 1.84 bits per heavy atom. The number of carbonyl (C=O) groups is 1. The molecule has 2 unspecified atom stereocenters. The topological polar surface area (TPSA) is 70.0 Å². The van der Waals surface area contributed by atoms with Crippen LogP contribution in [-0.4, -0.2) is 52.1 Å². The molecular formula is C14H25NO4. The number of amides is 1. The molecule has 0 aromatic heterocycles. The summed E-state index contributed by atoms with van der Waals surface area (Å²) in [5.41, 5.74) is -1.20. The lowest BCUT2D eigenvalue weighted by Crippen LogP contribution is -2.37. The first-order valence-electron chi connectivity index (χ1n) is 7.04. The molecule has 1 saturated heterocycles. The summed E-state index contributed by atoms with van der Waals surface area (Å²) >= 11 is 0. The summed E-state index contributed by atoms with van der Waals surface area (Å²) in [5, 5.41) is 19.3. The molecule has 2 rings (SSSR count). The van der Waals surface area contributed by atoms with E-state index in [1.807, 2.05) is 20.8 Å². The Morgan fingerprint density at radius 1 is 1.32 bits per heavy atom. The van der Waals surface area contributed by atoms with Gasteiger partial charge in [-0.05, 0) is 51.9 Å². The van der Waals surface area contributed by atoms with Crippen LogP contribution in [0.3, 0.4) is 0 Å². The molecule has 1 heterocycles. The number of fused-ring (bicyclic) bond motifs is 1. The summed E-state index contributed by atoms with van der Waals surface area (Å²) in [6, 6.07) is 0. The van der Waals surface area contributed by atoms with E-state index in [9.17, 15) is 9.90 Å². The number of likely N-dealkylation sites (tertiary alicyclic amines) is 1. The van der Waals surface area contributed by atoms with Crippen molar-refractivity contribution >= 4 is 6.09 Å². The molecule has 2 aliphatic rings. The molecule has 19 heavy (non-hydrogen) atoms. The van der Waals surface area contributed by atoms with Crippen molar-refractivity contribution in [1.29, 1.82) is 0 Å². The molecular weight excluding hydrogens is 246 g/mol. The minimum atomic E-state index is -0.732. The van der Waals surface area contributed by atoms with Crippen molar-refractivity contribution in [3.05, 3.63) is 0 Å². The lowest BCUT2D eigenvalue weighted by molar-refractivity contribution is 0.00495. The molecule has 1 saturated carbocycles. The van der Waals surface area contributed by atoms with Gasteiger partial charge < -0.3 is 19.8 Å². The van der Waals surface area contributed by atoms with E-state index < -0.39 is 11.2 Å². The first-order chi connectivity index (χ1) is 8.72. The van der Waals surface area contributed by atoms with Crippen molar-refractivity contribution < 1.29 is 19.7 Å². The van der Waals surface area contributed by atoms with E-state index in [-0.39, 0.29) is 12.7 Å². The number of ether oxygens (including phenoxy) is 1. The van der Waals surface area contributed by atoms with Crippen LogP contribution < -0.4 is 0 Å². The molecule has 1 aliphatic heterocycles. The molecule has 0 bridgehead atoms. The summed E-state index contributed by atoms with van der Waals surface area (Å²) in [6.45, 7) is 6.93. The minimum Gasteiger partial charge on any atom is -0.444 e. The van der Waals surface area contributed by atoms with Crippen LogP contribution in [-0.2, 0) is 4.74 Å². The van der Waals surface area contributed by atoms with Crippen LogP contribution in [0.15, 0.2) is 0 Å². The fraction of sp³-hybridized carbons (Fsp3) is 0.929. The largest absolute Gasteiger partial charge is 0.444 e. The average Bonchev–Trinajstić information content (AvgIpc) is 2.69. The highest BCUT2D eigenvalue weighted by Gasteiger charge is 2.49. The monoisotopic (exact) mass is 271 g/mol. The van der Waals surface area contributed by atoms with Gasteiger partial charge in [0, 0.05) is 19.7 Å². The minimum absolute atomic E-state index is 0.0196. The lowest BCUT2D eigenvalue weighted by atomic mass is 9.96. The molecule has 0 aromatic rings. The second kappa shape index (κ2) is 4.94. The Labute approximate surface area is 114 Å². The summed E-state index contributed by atoms with van der Waals surface area (Å²) in [6.07, 6.45) is 1.54. The Kier molecular flexibility index (Phi) is 3.80. The highest BCUT2D eigenvalue weighted by molar-refractivity contribution is 5.68. The number of hydrogen-bond donors (Lipinski definition) is 2. The second-order valence-electron chi connectivity index (χ2n) is 7.01. The van der Waals surface area contributed by atoms with Gasteiger partial charge in [0.15, 0.2) is 0 Å². The van der Waals surface area contributed by atoms with Crippen LogP contribution in [0.4, 0.5) is 4.79 Å². The zero-order valence-corrected chi connectivity index (χ0v) is 12.1. The highest BCUT2D eigenvalue weighted by Crippen LogP contribution is 2.45. The predicted octanol–water partition coefficient (Wildman–Crippen LogP) is 1.38. The molecule has 2 atom stereocenters. The zero-order valence-electron chi connectivity index (χ0n) is 12.1. The zero-order chi connectivity index (χ0) is 14.3. The van der Waals surface area contributed by atoms with Crippen LogP contribution in [0.1, 0.15) is 40.0 Å². The molecule has 0 radical (unpaired) electrons. The number of nitrogens with zero attached hydrogens (tertiary/aromatic N) is 1. The predicted molar refractivity (Wildman–Crippen MR) is 70.7 cm³/mol. The Bertz CT molecular complexity index is 336. The fourth-order valence-electron chi connectivity index (χ4n) is 3.35. The quantitative estimate of drug-likeness (QED) is 0.796. The third-order valence-electron chi connectivity index (χ3n) is 4.09. The Hall–Kier alpha value is -0.810. The van der Waals surface area contributed by atoms with Crippen molar-refractivity contribution in [2.45, 2.75) is 51.2 Å². The van der Waals surface area contributed by atoms with E-state index in [1.54, 1.807) is 4.90 Å². The number of aliphatic hydroxyl groups excluding tert-OH is 1. The summed E-state index contributed by atoms with van der Waals surface area (Å²) in [4.78, 5) is 13.7. The van der Waals surface area contributed by atoms with Crippen LogP contribution in [0, 0.1) is 11.8 Å². The molecule has 110 valence electrons. The third-order valence-corrected chi connectivity index (χ3v) is 4.09. The van der Waals surface area contributed by atoms with Crippen molar-refractivity contribution in [1.82, 2.24) is 4.90 Å². The number of carbonyl (C=O) groups excluding carboxylic acids is 1. The summed E-state index contributed by atoms with van der Waals surface area (Å²) in [7, 11) is 0. The standard InChI is InChI=1S/C14H25NO4/c1-13(2,3)19-12(17)15-8-10-6-14(18,4-5-16)7-11(10)9-15/h10-11,16,18H,4-9H2,1-3H3. The maximum atomic E-state index is 12.0. The maximum Gasteiger partial charge on any atom is 0.410 e. The molecule has 2 N–H and O–H groups in total. The highest BCUT2D eigenvalue weighted by atomic mass is 16.6. The van der Waals surface area contributed by atoms with Gasteiger partial charge in [0.1, 0.15) is 5.60 Å². The average molecular weight is 271 g/mol. The van der Waals surface area contributed by atoms with Gasteiger partial charge in [0.2, 0.25) is 0 Å². The van der Waals surface area contributed by atoms with E-state index >= 15 is 0 Å². The molecule has 5 heteroatoms. The first-order valence-corrected chi connectivity index (χ1v) is 7.04. The summed E-state index contributed by atoms with van der Waals surface area (Å²) < 4.78 is 5.37. The fourth-order valence-corrected chi connectivity index (χ4v) is 3.35. The van der Waals surface area contributed by atoms with Gasteiger partial charge in [-0.3, -0.25) is 0 Å². The van der Waals surface area contributed by atoms with E-state index in [0.717, 1.165) is 0 Å². The van der Waals surface area contributed by atoms with Crippen molar-refractivity contribution in [2.75, 3.05) is 19.7 Å². The maximum absolute atomic E-state index is 12.0. The van der Waals surface area contributed by atoms with Gasteiger partial charge in [-0.15, -0.1) is 0 Å². The number of aliphatic hydroxyl groups is 2.